The molecule has 0 radical (unpaired) electrons. The minimum atomic E-state index is -0.559. The number of unbranched alkanes of at least 4 members (excludes halogenated alkanes) is 1. The van der Waals surface area contributed by atoms with Crippen LogP contribution in [0.15, 0.2) is 51.3 Å². The molecule has 0 saturated carbocycles. The van der Waals surface area contributed by atoms with Gasteiger partial charge < -0.3 is 4.74 Å². The third-order valence-corrected chi connectivity index (χ3v) is 6.08. The predicted octanol–water partition coefficient (Wildman–Crippen LogP) is 4.74. The first kappa shape index (κ1) is 19.5. The maximum atomic E-state index is 12.8. The van der Waals surface area contributed by atoms with Crippen molar-refractivity contribution in [3.05, 3.63) is 68.2 Å². The van der Waals surface area contributed by atoms with E-state index < -0.39 is 5.97 Å². The summed E-state index contributed by atoms with van der Waals surface area (Å²) in [5.41, 5.74) is 1.72. The molecule has 0 atom stereocenters. The third-order valence-electron chi connectivity index (χ3n) is 4.46. The number of aryl methyl sites for hydroxylation is 1. The molecule has 0 amide bonds. The zero-order valence-electron chi connectivity index (χ0n) is 15.8. The number of aromatic nitrogens is 3. The van der Waals surface area contributed by atoms with Crippen LogP contribution in [0.4, 0.5) is 0 Å². The summed E-state index contributed by atoms with van der Waals surface area (Å²) in [5, 5.41) is 12.1. The average Bonchev–Trinajstić information content (AvgIpc) is 3.43. The molecule has 0 spiro atoms. The standard InChI is InChI=1S/C21H19N3O3S2/c1-2-3-9-24-20(25)17-7-5-4-6-16(17)18(23-24)21(26)27-11-15-13-29-19(22-15)14-8-10-28-12-14/h4-8,10,12-13H,2-3,9,11H2,1H3. The van der Waals surface area contributed by atoms with Gasteiger partial charge in [-0.05, 0) is 23.9 Å². The number of carbonyl (C=O) groups excluding carboxylic acids is 1. The Morgan fingerprint density at radius 2 is 2.00 bits per heavy atom. The molecule has 0 bridgehead atoms. The van der Waals surface area contributed by atoms with E-state index in [4.69, 9.17) is 4.74 Å². The van der Waals surface area contributed by atoms with Gasteiger partial charge in [0.05, 0.1) is 11.1 Å². The van der Waals surface area contributed by atoms with Gasteiger partial charge in [0.15, 0.2) is 5.69 Å². The predicted molar refractivity (Wildman–Crippen MR) is 115 cm³/mol. The van der Waals surface area contributed by atoms with Gasteiger partial charge in [0.2, 0.25) is 0 Å². The molecule has 0 aliphatic carbocycles. The van der Waals surface area contributed by atoms with Crippen molar-refractivity contribution in [1.29, 1.82) is 0 Å². The van der Waals surface area contributed by atoms with Crippen molar-refractivity contribution < 1.29 is 9.53 Å². The average molecular weight is 426 g/mol. The fourth-order valence-corrected chi connectivity index (χ4v) is 4.46. The number of ether oxygens (including phenoxy) is 1. The number of hydrogen-bond acceptors (Lipinski definition) is 7. The maximum absolute atomic E-state index is 12.8. The second-order valence-corrected chi connectivity index (χ2v) is 8.15. The molecular formula is C21H19N3O3S2. The Balaban J connectivity index is 1.58. The van der Waals surface area contributed by atoms with Crippen molar-refractivity contribution in [2.75, 3.05) is 0 Å². The number of rotatable bonds is 7. The quantitative estimate of drug-likeness (QED) is 0.400. The second-order valence-electron chi connectivity index (χ2n) is 6.51. The van der Waals surface area contributed by atoms with Crippen LogP contribution in [0.2, 0.25) is 0 Å². The van der Waals surface area contributed by atoms with Crippen LogP contribution in [-0.2, 0) is 17.9 Å². The lowest BCUT2D eigenvalue weighted by atomic mass is 10.1. The van der Waals surface area contributed by atoms with E-state index >= 15 is 0 Å². The van der Waals surface area contributed by atoms with Crippen LogP contribution in [0.3, 0.4) is 0 Å². The van der Waals surface area contributed by atoms with Gasteiger partial charge in [0.1, 0.15) is 11.6 Å². The highest BCUT2D eigenvalue weighted by molar-refractivity contribution is 7.14. The molecule has 29 heavy (non-hydrogen) atoms. The van der Waals surface area contributed by atoms with Crippen molar-refractivity contribution in [1.82, 2.24) is 14.8 Å². The summed E-state index contributed by atoms with van der Waals surface area (Å²) in [4.78, 5) is 30.0. The van der Waals surface area contributed by atoms with Crippen LogP contribution in [-0.4, -0.2) is 20.7 Å². The Hall–Kier alpha value is -2.84. The number of fused-ring (bicyclic) bond motifs is 1. The number of esters is 1. The summed E-state index contributed by atoms with van der Waals surface area (Å²) in [6.45, 7) is 2.57. The SMILES string of the molecule is CCCCn1nc(C(=O)OCc2csc(-c3ccsc3)n2)c2ccccc2c1=O. The summed E-state index contributed by atoms with van der Waals surface area (Å²) in [6, 6.07) is 9.01. The molecule has 0 fully saturated rings. The molecule has 0 aliphatic rings. The summed E-state index contributed by atoms with van der Waals surface area (Å²) in [5.74, 6) is -0.559. The maximum Gasteiger partial charge on any atom is 0.359 e. The molecule has 8 heteroatoms. The molecule has 4 aromatic rings. The van der Waals surface area contributed by atoms with Crippen molar-refractivity contribution in [2.45, 2.75) is 32.9 Å². The monoisotopic (exact) mass is 425 g/mol. The lowest BCUT2D eigenvalue weighted by Gasteiger charge is -2.10. The van der Waals surface area contributed by atoms with Crippen molar-refractivity contribution in [2.24, 2.45) is 0 Å². The van der Waals surface area contributed by atoms with E-state index in [1.165, 1.54) is 16.0 Å². The molecule has 0 aliphatic heterocycles. The minimum Gasteiger partial charge on any atom is -0.454 e. The van der Waals surface area contributed by atoms with E-state index in [0.29, 0.717) is 23.0 Å². The molecule has 6 nitrogen and oxygen atoms in total. The molecule has 3 heterocycles. The number of nitrogens with zero attached hydrogens (tertiary/aromatic N) is 3. The Bertz CT molecular complexity index is 1200. The van der Waals surface area contributed by atoms with Crippen LogP contribution in [0.25, 0.3) is 21.3 Å². The van der Waals surface area contributed by atoms with E-state index in [1.807, 2.05) is 29.1 Å². The number of thiazole rings is 1. The van der Waals surface area contributed by atoms with Crippen molar-refractivity contribution >= 4 is 39.4 Å². The molecule has 4 rings (SSSR count). The van der Waals surface area contributed by atoms with Gasteiger partial charge >= 0.3 is 5.97 Å². The Morgan fingerprint density at radius 3 is 2.76 bits per heavy atom. The van der Waals surface area contributed by atoms with Gasteiger partial charge in [0, 0.05) is 28.3 Å². The first-order chi connectivity index (χ1) is 14.2. The highest BCUT2D eigenvalue weighted by Crippen LogP contribution is 2.26. The zero-order valence-corrected chi connectivity index (χ0v) is 17.5. The Kier molecular flexibility index (Phi) is 5.82. The third kappa shape index (κ3) is 4.13. The van der Waals surface area contributed by atoms with Crippen molar-refractivity contribution in [3.8, 4) is 10.6 Å². The zero-order chi connectivity index (χ0) is 20.2. The largest absolute Gasteiger partial charge is 0.454 e. The van der Waals surface area contributed by atoms with Gasteiger partial charge in [-0.15, -0.1) is 11.3 Å². The highest BCUT2D eigenvalue weighted by atomic mass is 32.1. The first-order valence-corrected chi connectivity index (χ1v) is 11.1. The van der Waals surface area contributed by atoms with Gasteiger partial charge in [0.25, 0.3) is 5.56 Å². The Morgan fingerprint density at radius 1 is 1.17 bits per heavy atom. The smallest absolute Gasteiger partial charge is 0.359 e. The van der Waals surface area contributed by atoms with E-state index in [2.05, 4.69) is 10.1 Å². The summed E-state index contributed by atoms with van der Waals surface area (Å²) in [7, 11) is 0. The van der Waals surface area contributed by atoms with Crippen molar-refractivity contribution in [3.63, 3.8) is 0 Å². The topological polar surface area (TPSA) is 74.1 Å². The molecular weight excluding hydrogens is 406 g/mol. The lowest BCUT2D eigenvalue weighted by molar-refractivity contribution is 0.0461. The van der Waals surface area contributed by atoms with E-state index in [0.717, 1.165) is 23.4 Å². The lowest BCUT2D eigenvalue weighted by Crippen LogP contribution is -2.26. The van der Waals surface area contributed by atoms with E-state index in [1.54, 1.807) is 35.6 Å². The minimum absolute atomic E-state index is 0.0591. The molecule has 0 saturated heterocycles. The Labute approximate surface area is 175 Å². The van der Waals surface area contributed by atoms with Crippen LogP contribution < -0.4 is 5.56 Å². The van der Waals surface area contributed by atoms with Crippen LogP contribution >= 0.6 is 22.7 Å². The number of carbonyl (C=O) groups is 1. The summed E-state index contributed by atoms with van der Waals surface area (Å²) >= 11 is 3.13. The number of benzene rings is 1. The molecule has 148 valence electrons. The van der Waals surface area contributed by atoms with E-state index in [9.17, 15) is 9.59 Å². The van der Waals surface area contributed by atoms with Gasteiger partial charge in [-0.3, -0.25) is 4.79 Å². The molecule has 0 unspecified atom stereocenters. The van der Waals surface area contributed by atoms with Gasteiger partial charge in [-0.2, -0.15) is 16.4 Å². The molecule has 3 aromatic heterocycles. The van der Waals surface area contributed by atoms with Gasteiger partial charge in [-0.1, -0.05) is 31.5 Å². The second kappa shape index (κ2) is 8.67. The summed E-state index contributed by atoms with van der Waals surface area (Å²) in [6.07, 6.45) is 1.74. The summed E-state index contributed by atoms with van der Waals surface area (Å²) < 4.78 is 6.84. The van der Waals surface area contributed by atoms with Gasteiger partial charge in [-0.25, -0.2) is 14.5 Å². The van der Waals surface area contributed by atoms with Crippen LogP contribution in [0.5, 0.6) is 0 Å². The van der Waals surface area contributed by atoms with E-state index in [-0.39, 0.29) is 17.9 Å². The number of hydrogen-bond donors (Lipinski definition) is 0. The first-order valence-electron chi connectivity index (χ1n) is 9.31. The molecule has 1 aromatic carbocycles. The molecule has 0 N–H and O–H groups in total. The number of thiophene rings is 1. The van der Waals surface area contributed by atoms with Crippen LogP contribution in [0.1, 0.15) is 35.9 Å². The normalized spacial score (nSPS) is 11.1. The fourth-order valence-electron chi connectivity index (χ4n) is 2.95. The fraction of sp³-hybridized carbons (Fsp3) is 0.238. The highest BCUT2D eigenvalue weighted by Gasteiger charge is 2.18. The van der Waals surface area contributed by atoms with Crippen LogP contribution in [0, 0.1) is 0 Å².